The van der Waals surface area contributed by atoms with E-state index < -0.39 is 0 Å². The quantitative estimate of drug-likeness (QED) is 0.872. The molecule has 80 valence electrons. The van der Waals surface area contributed by atoms with E-state index in [0.717, 1.165) is 15.7 Å². The largest absolute Gasteiger partial charge is 0.497 e. The maximum atomic E-state index is 5.20. The molecular formula is C12H14BrNO. The molecule has 3 heteroatoms. The van der Waals surface area contributed by atoms with Gasteiger partial charge < -0.3 is 9.72 Å². The predicted molar refractivity (Wildman–Crippen MR) is 66.6 cm³/mol. The molecule has 1 aromatic heterocycles. The Labute approximate surface area is 97.8 Å². The van der Waals surface area contributed by atoms with E-state index in [4.69, 9.17) is 4.74 Å². The summed E-state index contributed by atoms with van der Waals surface area (Å²) in [6.45, 7) is 4.35. The zero-order valence-electron chi connectivity index (χ0n) is 9.10. The molecule has 2 nitrogen and oxygen atoms in total. The molecule has 15 heavy (non-hydrogen) atoms. The third-order valence-electron chi connectivity index (χ3n) is 2.55. The minimum absolute atomic E-state index is 0.484. The highest BCUT2D eigenvalue weighted by Gasteiger charge is 2.11. The zero-order chi connectivity index (χ0) is 11.0. The van der Waals surface area contributed by atoms with E-state index in [0.29, 0.717) is 5.92 Å². The molecule has 0 aliphatic heterocycles. The molecule has 0 radical (unpaired) electrons. The highest BCUT2D eigenvalue weighted by molar-refractivity contribution is 9.10. The number of aromatic amines is 1. The Morgan fingerprint density at radius 3 is 2.67 bits per heavy atom. The Kier molecular flexibility index (Phi) is 2.74. The number of nitrogens with one attached hydrogen (secondary N) is 1. The maximum absolute atomic E-state index is 5.20. The number of rotatable bonds is 2. The van der Waals surface area contributed by atoms with Gasteiger partial charge in [0.1, 0.15) is 5.75 Å². The lowest BCUT2D eigenvalue weighted by atomic mass is 10.1. The second-order valence-corrected chi connectivity index (χ2v) is 4.71. The molecular weight excluding hydrogens is 254 g/mol. The van der Waals surface area contributed by atoms with Gasteiger partial charge >= 0.3 is 0 Å². The highest BCUT2D eigenvalue weighted by Crippen LogP contribution is 2.33. The van der Waals surface area contributed by atoms with Gasteiger partial charge in [-0.1, -0.05) is 13.8 Å². The molecule has 2 rings (SSSR count). The van der Waals surface area contributed by atoms with Crippen molar-refractivity contribution in [3.63, 3.8) is 0 Å². The molecule has 0 bridgehead atoms. The van der Waals surface area contributed by atoms with Crippen LogP contribution in [0.5, 0.6) is 5.75 Å². The van der Waals surface area contributed by atoms with Crippen LogP contribution in [0, 0.1) is 0 Å². The first-order valence-electron chi connectivity index (χ1n) is 4.98. The minimum Gasteiger partial charge on any atom is -0.497 e. The van der Waals surface area contributed by atoms with Crippen LogP contribution in [0.3, 0.4) is 0 Å². The van der Waals surface area contributed by atoms with Crippen LogP contribution in [0.25, 0.3) is 10.9 Å². The Morgan fingerprint density at radius 1 is 1.33 bits per heavy atom. The van der Waals surface area contributed by atoms with Gasteiger partial charge in [-0.2, -0.15) is 0 Å². The summed E-state index contributed by atoms with van der Waals surface area (Å²) >= 11 is 3.63. The van der Waals surface area contributed by atoms with Crippen molar-refractivity contribution in [1.82, 2.24) is 4.98 Å². The smallest absolute Gasteiger partial charge is 0.120 e. The maximum Gasteiger partial charge on any atom is 0.120 e. The number of H-pyrrole nitrogens is 1. The fraction of sp³-hybridized carbons (Fsp3) is 0.333. The van der Waals surface area contributed by atoms with Gasteiger partial charge in [-0.15, -0.1) is 0 Å². The number of aromatic nitrogens is 1. The Bertz CT molecular complexity index is 488. The van der Waals surface area contributed by atoms with Crippen LogP contribution in [0.1, 0.15) is 25.5 Å². The molecule has 0 saturated heterocycles. The summed E-state index contributed by atoms with van der Waals surface area (Å²) in [4.78, 5) is 3.41. The summed E-state index contributed by atoms with van der Waals surface area (Å²) in [5.74, 6) is 1.37. The lowest BCUT2D eigenvalue weighted by molar-refractivity contribution is 0.415. The summed E-state index contributed by atoms with van der Waals surface area (Å²) in [6, 6.07) is 6.07. The van der Waals surface area contributed by atoms with Crippen LogP contribution >= 0.6 is 15.9 Å². The minimum atomic E-state index is 0.484. The van der Waals surface area contributed by atoms with Crippen molar-refractivity contribution in [3.8, 4) is 5.75 Å². The van der Waals surface area contributed by atoms with Crippen LogP contribution in [0.15, 0.2) is 22.7 Å². The van der Waals surface area contributed by atoms with Crippen molar-refractivity contribution < 1.29 is 4.74 Å². The summed E-state index contributed by atoms with van der Waals surface area (Å²) in [5, 5.41) is 1.21. The van der Waals surface area contributed by atoms with E-state index in [2.05, 4.69) is 40.8 Å². The molecule has 0 unspecified atom stereocenters. The molecule has 0 spiro atoms. The average molecular weight is 268 g/mol. The number of hydrogen-bond acceptors (Lipinski definition) is 1. The molecule has 0 fully saturated rings. The van der Waals surface area contributed by atoms with Crippen molar-refractivity contribution in [3.05, 3.63) is 28.4 Å². The SMILES string of the molecule is COc1ccc2c(Br)c(C(C)C)[nH]c2c1. The van der Waals surface area contributed by atoms with Crippen molar-refractivity contribution in [2.75, 3.05) is 7.11 Å². The number of fused-ring (bicyclic) bond motifs is 1. The van der Waals surface area contributed by atoms with Crippen LogP contribution < -0.4 is 4.74 Å². The summed E-state index contributed by atoms with van der Waals surface area (Å²) in [6.07, 6.45) is 0. The standard InChI is InChI=1S/C12H14BrNO/c1-7(2)12-11(13)9-5-4-8(15-3)6-10(9)14-12/h4-7,14H,1-3H3. The zero-order valence-corrected chi connectivity index (χ0v) is 10.7. The van der Waals surface area contributed by atoms with Gasteiger partial charge in [0, 0.05) is 21.6 Å². The van der Waals surface area contributed by atoms with Gasteiger partial charge in [-0.25, -0.2) is 0 Å². The van der Waals surface area contributed by atoms with Crippen molar-refractivity contribution in [2.45, 2.75) is 19.8 Å². The highest BCUT2D eigenvalue weighted by atomic mass is 79.9. The molecule has 0 aliphatic carbocycles. The van der Waals surface area contributed by atoms with Crippen LogP contribution in [-0.4, -0.2) is 12.1 Å². The molecule has 0 amide bonds. The van der Waals surface area contributed by atoms with Crippen molar-refractivity contribution >= 4 is 26.8 Å². The first-order chi connectivity index (χ1) is 7.13. The summed E-state index contributed by atoms with van der Waals surface area (Å²) in [5.41, 5.74) is 2.35. The number of hydrogen-bond donors (Lipinski definition) is 1. The molecule has 0 aliphatic rings. The number of benzene rings is 1. The topological polar surface area (TPSA) is 25.0 Å². The van der Waals surface area contributed by atoms with Crippen LogP contribution in [-0.2, 0) is 0 Å². The molecule has 2 aromatic rings. The molecule has 0 atom stereocenters. The average Bonchev–Trinajstić information content (AvgIpc) is 2.55. The second kappa shape index (κ2) is 3.89. The fourth-order valence-corrected chi connectivity index (χ4v) is 2.59. The van der Waals surface area contributed by atoms with E-state index in [1.807, 2.05) is 12.1 Å². The van der Waals surface area contributed by atoms with E-state index in [1.165, 1.54) is 11.1 Å². The first kappa shape index (κ1) is 10.6. The molecule has 0 saturated carbocycles. The van der Waals surface area contributed by atoms with Gasteiger partial charge in [-0.3, -0.25) is 0 Å². The fourth-order valence-electron chi connectivity index (χ4n) is 1.69. The van der Waals surface area contributed by atoms with Gasteiger partial charge in [-0.05, 0) is 34.0 Å². The van der Waals surface area contributed by atoms with E-state index in [1.54, 1.807) is 7.11 Å². The van der Waals surface area contributed by atoms with E-state index in [-0.39, 0.29) is 0 Å². The van der Waals surface area contributed by atoms with E-state index >= 15 is 0 Å². The van der Waals surface area contributed by atoms with Crippen molar-refractivity contribution in [1.29, 1.82) is 0 Å². The Morgan fingerprint density at radius 2 is 2.07 bits per heavy atom. The summed E-state index contributed by atoms with van der Waals surface area (Å²) < 4.78 is 6.36. The molecule has 1 aromatic carbocycles. The first-order valence-corrected chi connectivity index (χ1v) is 5.78. The third kappa shape index (κ3) is 1.76. The van der Waals surface area contributed by atoms with Gasteiger partial charge in [0.25, 0.3) is 0 Å². The lowest BCUT2D eigenvalue weighted by Crippen LogP contribution is -1.86. The summed E-state index contributed by atoms with van der Waals surface area (Å²) in [7, 11) is 1.68. The third-order valence-corrected chi connectivity index (χ3v) is 3.40. The Balaban J connectivity index is 2.65. The molecule has 1 N–H and O–H groups in total. The van der Waals surface area contributed by atoms with Crippen molar-refractivity contribution in [2.24, 2.45) is 0 Å². The second-order valence-electron chi connectivity index (χ2n) is 3.92. The van der Waals surface area contributed by atoms with Crippen LogP contribution in [0.4, 0.5) is 0 Å². The van der Waals surface area contributed by atoms with E-state index in [9.17, 15) is 0 Å². The van der Waals surface area contributed by atoms with Crippen LogP contribution in [0.2, 0.25) is 0 Å². The number of methoxy groups -OCH3 is 1. The molecule has 1 heterocycles. The van der Waals surface area contributed by atoms with Gasteiger partial charge in [0.2, 0.25) is 0 Å². The normalized spacial score (nSPS) is 11.3. The number of ether oxygens (including phenoxy) is 1. The van der Waals surface area contributed by atoms with Gasteiger partial charge in [0.05, 0.1) is 12.6 Å². The predicted octanol–water partition coefficient (Wildman–Crippen LogP) is 4.06. The lowest BCUT2D eigenvalue weighted by Gasteiger charge is -2.00. The Hall–Kier alpha value is -0.960. The van der Waals surface area contributed by atoms with Gasteiger partial charge in [0.15, 0.2) is 0 Å². The monoisotopic (exact) mass is 267 g/mol. The number of halogens is 1.